The van der Waals surface area contributed by atoms with Crippen LogP contribution in [0.2, 0.25) is 0 Å². The summed E-state index contributed by atoms with van der Waals surface area (Å²) in [5, 5.41) is 0. The Bertz CT molecular complexity index is 736. The number of amides is 1. The number of rotatable bonds is 6. The van der Waals surface area contributed by atoms with Crippen LogP contribution in [0.5, 0.6) is 5.75 Å². The Morgan fingerprint density at radius 3 is 2.50 bits per heavy atom. The van der Waals surface area contributed by atoms with Crippen molar-refractivity contribution in [2.75, 3.05) is 6.54 Å². The Labute approximate surface area is 139 Å². The number of ether oxygens (including phenoxy) is 1. The van der Waals surface area contributed by atoms with Crippen molar-refractivity contribution in [3.8, 4) is 18.1 Å². The average molecular weight is 329 g/mol. The molecule has 2 aromatic carbocycles. The number of hydrogen-bond acceptors (Lipinski definition) is 2. The SMILES string of the molecule is C#CCN(Cc1ccc(C)cc1)C(=O)c1ccccc1OC(F)F. The second kappa shape index (κ2) is 8.11. The predicted octanol–water partition coefficient (Wildman–Crippen LogP) is 3.87. The van der Waals surface area contributed by atoms with Crippen LogP contribution in [-0.2, 0) is 6.54 Å². The van der Waals surface area contributed by atoms with Gasteiger partial charge < -0.3 is 9.64 Å². The van der Waals surface area contributed by atoms with Crippen molar-refractivity contribution in [1.82, 2.24) is 4.90 Å². The van der Waals surface area contributed by atoms with Gasteiger partial charge in [0.25, 0.3) is 5.91 Å². The summed E-state index contributed by atoms with van der Waals surface area (Å²) >= 11 is 0. The monoisotopic (exact) mass is 329 g/mol. The van der Waals surface area contributed by atoms with Crippen molar-refractivity contribution in [2.45, 2.75) is 20.1 Å². The van der Waals surface area contributed by atoms with Gasteiger partial charge in [-0.05, 0) is 24.6 Å². The summed E-state index contributed by atoms with van der Waals surface area (Å²) in [5.41, 5.74) is 2.06. The van der Waals surface area contributed by atoms with Crippen molar-refractivity contribution in [3.63, 3.8) is 0 Å². The topological polar surface area (TPSA) is 29.5 Å². The van der Waals surface area contributed by atoms with Gasteiger partial charge in [-0.3, -0.25) is 4.79 Å². The number of aryl methyl sites for hydroxylation is 1. The molecule has 0 saturated carbocycles. The maximum Gasteiger partial charge on any atom is 0.387 e. The van der Waals surface area contributed by atoms with Crippen LogP contribution < -0.4 is 4.74 Å². The molecule has 0 saturated heterocycles. The lowest BCUT2D eigenvalue weighted by molar-refractivity contribution is -0.0502. The number of carbonyl (C=O) groups is 1. The van der Waals surface area contributed by atoms with Gasteiger partial charge in [0.2, 0.25) is 0 Å². The number of benzene rings is 2. The molecular formula is C19H17F2NO2. The normalized spacial score (nSPS) is 10.3. The van der Waals surface area contributed by atoms with Gasteiger partial charge in [0.05, 0.1) is 12.1 Å². The van der Waals surface area contributed by atoms with Crippen molar-refractivity contribution in [1.29, 1.82) is 0 Å². The lowest BCUT2D eigenvalue weighted by Gasteiger charge is -2.22. The van der Waals surface area contributed by atoms with E-state index in [1.54, 1.807) is 6.07 Å². The van der Waals surface area contributed by atoms with E-state index >= 15 is 0 Å². The Kier molecular flexibility index (Phi) is 5.91. The van der Waals surface area contributed by atoms with E-state index in [-0.39, 0.29) is 24.4 Å². The maximum absolute atomic E-state index is 12.7. The third-order valence-electron chi connectivity index (χ3n) is 3.40. The molecule has 0 aromatic heterocycles. The molecule has 0 N–H and O–H groups in total. The van der Waals surface area contributed by atoms with Gasteiger partial charge >= 0.3 is 6.61 Å². The summed E-state index contributed by atoms with van der Waals surface area (Å²) in [4.78, 5) is 14.1. The van der Waals surface area contributed by atoms with Crippen LogP contribution in [0, 0.1) is 19.3 Å². The molecule has 0 bridgehead atoms. The zero-order chi connectivity index (χ0) is 17.5. The van der Waals surface area contributed by atoms with Gasteiger partial charge in [-0.25, -0.2) is 0 Å². The number of carbonyl (C=O) groups excluding carboxylic acids is 1. The van der Waals surface area contributed by atoms with Crippen LogP contribution in [0.3, 0.4) is 0 Å². The van der Waals surface area contributed by atoms with Crippen LogP contribution in [-0.4, -0.2) is 24.0 Å². The summed E-state index contributed by atoms with van der Waals surface area (Å²) in [5.74, 6) is 1.81. The lowest BCUT2D eigenvalue weighted by atomic mass is 10.1. The highest BCUT2D eigenvalue weighted by Crippen LogP contribution is 2.22. The van der Waals surface area contributed by atoms with E-state index in [1.807, 2.05) is 31.2 Å². The first-order chi connectivity index (χ1) is 11.5. The smallest absolute Gasteiger partial charge is 0.387 e. The lowest BCUT2D eigenvalue weighted by Crippen LogP contribution is -2.31. The fourth-order valence-electron chi connectivity index (χ4n) is 2.24. The van der Waals surface area contributed by atoms with Crippen LogP contribution >= 0.6 is 0 Å². The molecule has 24 heavy (non-hydrogen) atoms. The summed E-state index contributed by atoms with van der Waals surface area (Å²) in [6, 6.07) is 13.5. The zero-order valence-electron chi connectivity index (χ0n) is 13.2. The Hall–Kier alpha value is -2.87. The molecule has 1 amide bonds. The fraction of sp³-hybridized carbons (Fsp3) is 0.211. The van der Waals surface area contributed by atoms with Crippen LogP contribution in [0.1, 0.15) is 21.5 Å². The third kappa shape index (κ3) is 4.56. The van der Waals surface area contributed by atoms with Crippen molar-refractivity contribution in [3.05, 3.63) is 65.2 Å². The molecule has 3 nitrogen and oxygen atoms in total. The van der Waals surface area contributed by atoms with E-state index in [1.165, 1.54) is 23.1 Å². The second-order valence-corrected chi connectivity index (χ2v) is 5.23. The summed E-state index contributed by atoms with van der Waals surface area (Å²) in [6.07, 6.45) is 5.35. The third-order valence-corrected chi connectivity index (χ3v) is 3.40. The highest BCUT2D eigenvalue weighted by atomic mass is 19.3. The van der Waals surface area contributed by atoms with Crippen molar-refractivity contribution in [2.24, 2.45) is 0 Å². The number of alkyl halides is 2. The Morgan fingerprint density at radius 2 is 1.88 bits per heavy atom. The van der Waals surface area contributed by atoms with Gasteiger partial charge in [0.15, 0.2) is 0 Å². The first-order valence-corrected chi connectivity index (χ1v) is 7.33. The summed E-state index contributed by atoms with van der Waals surface area (Å²) in [6.45, 7) is -0.689. The minimum Gasteiger partial charge on any atom is -0.434 e. The van der Waals surface area contributed by atoms with E-state index in [0.717, 1.165) is 11.1 Å². The van der Waals surface area contributed by atoms with Crippen molar-refractivity contribution < 1.29 is 18.3 Å². The molecule has 0 fully saturated rings. The highest BCUT2D eigenvalue weighted by Gasteiger charge is 2.20. The Balaban J connectivity index is 2.26. The number of para-hydroxylation sites is 1. The standard InChI is InChI=1S/C19H17F2NO2/c1-3-12-22(13-15-10-8-14(2)9-11-15)18(23)16-6-4-5-7-17(16)24-19(20)21/h1,4-11,19H,12-13H2,2H3. The van der Waals surface area contributed by atoms with Crippen molar-refractivity contribution >= 4 is 5.91 Å². The number of terminal acetylenes is 1. The zero-order valence-corrected chi connectivity index (χ0v) is 13.2. The van der Waals surface area contributed by atoms with E-state index in [9.17, 15) is 13.6 Å². The summed E-state index contributed by atoms with van der Waals surface area (Å²) < 4.78 is 29.5. The Morgan fingerprint density at radius 1 is 1.21 bits per heavy atom. The quantitative estimate of drug-likeness (QED) is 0.753. The van der Waals surface area contributed by atoms with E-state index in [4.69, 9.17) is 6.42 Å². The predicted molar refractivity (Wildman–Crippen MR) is 87.8 cm³/mol. The molecule has 0 aliphatic heterocycles. The van der Waals surface area contributed by atoms with Crippen LogP contribution in [0.15, 0.2) is 48.5 Å². The molecule has 0 unspecified atom stereocenters. The molecule has 124 valence electrons. The molecule has 0 aliphatic carbocycles. The molecule has 0 radical (unpaired) electrons. The molecule has 0 spiro atoms. The molecule has 0 aliphatic rings. The van der Waals surface area contributed by atoms with Gasteiger partial charge in [-0.2, -0.15) is 8.78 Å². The first kappa shape index (κ1) is 17.5. The number of halogens is 2. The second-order valence-electron chi connectivity index (χ2n) is 5.23. The fourth-order valence-corrected chi connectivity index (χ4v) is 2.24. The minimum absolute atomic E-state index is 0.0557. The molecule has 0 atom stereocenters. The van der Waals surface area contributed by atoms with Gasteiger partial charge in [-0.15, -0.1) is 6.42 Å². The largest absolute Gasteiger partial charge is 0.434 e. The van der Waals surface area contributed by atoms with Gasteiger partial charge in [0, 0.05) is 6.54 Å². The number of nitrogens with zero attached hydrogens (tertiary/aromatic N) is 1. The molecule has 0 heterocycles. The maximum atomic E-state index is 12.7. The molecular weight excluding hydrogens is 312 g/mol. The van der Waals surface area contributed by atoms with E-state index in [0.29, 0.717) is 0 Å². The molecule has 5 heteroatoms. The van der Waals surface area contributed by atoms with Crippen LogP contribution in [0.25, 0.3) is 0 Å². The van der Waals surface area contributed by atoms with E-state index in [2.05, 4.69) is 10.7 Å². The molecule has 2 rings (SSSR count). The van der Waals surface area contributed by atoms with E-state index < -0.39 is 12.5 Å². The van der Waals surface area contributed by atoms with Gasteiger partial charge in [-0.1, -0.05) is 47.9 Å². The van der Waals surface area contributed by atoms with Crippen LogP contribution in [0.4, 0.5) is 8.78 Å². The minimum atomic E-state index is -3.00. The first-order valence-electron chi connectivity index (χ1n) is 7.33. The average Bonchev–Trinajstić information content (AvgIpc) is 2.56. The number of hydrogen-bond donors (Lipinski definition) is 0. The highest BCUT2D eigenvalue weighted by molar-refractivity contribution is 5.97. The van der Waals surface area contributed by atoms with Gasteiger partial charge in [0.1, 0.15) is 5.75 Å². The molecule has 2 aromatic rings. The summed E-state index contributed by atoms with van der Waals surface area (Å²) in [7, 11) is 0.